The molecular formula is C25H36N2O4. The molecule has 0 aromatic carbocycles. The summed E-state index contributed by atoms with van der Waals surface area (Å²) in [5.74, 6) is -0.970. The van der Waals surface area contributed by atoms with Gasteiger partial charge in [0.15, 0.2) is 0 Å². The third kappa shape index (κ3) is 7.44. The van der Waals surface area contributed by atoms with E-state index in [1.54, 1.807) is 0 Å². The summed E-state index contributed by atoms with van der Waals surface area (Å²) in [7, 11) is 0. The maximum absolute atomic E-state index is 11.8. The Balaban J connectivity index is 1.46. The van der Waals surface area contributed by atoms with Gasteiger partial charge in [0.1, 0.15) is 0 Å². The molecule has 0 saturated carbocycles. The summed E-state index contributed by atoms with van der Waals surface area (Å²) in [6.07, 6.45) is 26.1. The Kier molecular flexibility index (Phi) is 10.7. The molecule has 2 amide bonds. The van der Waals surface area contributed by atoms with Crippen molar-refractivity contribution < 1.29 is 9.59 Å². The minimum atomic E-state index is -0.553. The van der Waals surface area contributed by atoms with Gasteiger partial charge in [-0.15, -0.1) is 9.81 Å². The van der Waals surface area contributed by atoms with E-state index in [0.29, 0.717) is 25.7 Å². The van der Waals surface area contributed by atoms with Crippen LogP contribution in [-0.4, -0.2) is 11.8 Å². The molecule has 6 nitrogen and oxygen atoms in total. The predicted octanol–water partition coefficient (Wildman–Crippen LogP) is 7.09. The number of rotatable bonds is 15. The fourth-order valence-electron chi connectivity index (χ4n) is 4.78. The van der Waals surface area contributed by atoms with Gasteiger partial charge in [-0.2, -0.15) is 0 Å². The van der Waals surface area contributed by atoms with Crippen molar-refractivity contribution in [2.24, 2.45) is 21.2 Å². The van der Waals surface area contributed by atoms with Gasteiger partial charge in [0.25, 0.3) is 11.8 Å². The molecular weight excluding hydrogens is 392 g/mol. The smallest absolute Gasteiger partial charge is 0.268 e. The Morgan fingerprint density at radius 1 is 0.613 bits per heavy atom. The molecule has 2 rings (SSSR count). The Labute approximate surface area is 185 Å². The number of carbonyl (C=O) groups excluding carboxylic acids is 2. The lowest BCUT2D eigenvalue weighted by molar-refractivity contribution is -0.128. The number of hydrogen-bond donors (Lipinski definition) is 0. The summed E-state index contributed by atoms with van der Waals surface area (Å²) >= 11 is 0. The number of hydrogen-bond acceptors (Lipinski definition) is 4. The summed E-state index contributed by atoms with van der Waals surface area (Å²) < 4.78 is 0. The van der Waals surface area contributed by atoms with Crippen molar-refractivity contribution in [2.75, 3.05) is 0 Å². The van der Waals surface area contributed by atoms with Gasteiger partial charge in [0, 0.05) is 10.4 Å². The molecule has 6 heteroatoms. The van der Waals surface area contributed by atoms with E-state index in [2.05, 4.69) is 22.5 Å². The van der Waals surface area contributed by atoms with Crippen LogP contribution < -0.4 is 0 Å². The van der Waals surface area contributed by atoms with Gasteiger partial charge in [-0.05, 0) is 64.2 Å². The molecule has 0 atom stereocenters. The lowest BCUT2D eigenvalue weighted by atomic mass is 9.79. The third-order valence-electron chi connectivity index (χ3n) is 6.91. The Morgan fingerprint density at radius 3 is 1.35 bits per heavy atom. The first-order chi connectivity index (χ1) is 15.1. The van der Waals surface area contributed by atoms with Crippen molar-refractivity contribution in [3.8, 4) is 0 Å². The predicted molar refractivity (Wildman–Crippen MR) is 123 cm³/mol. The average Bonchev–Trinajstić information content (AvgIpc) is 3.47. The van der Waals surface area contributed by atoms with Crippen molar-refractivity contribution in [2.45, 2.75) is 96.3 Å². The second-order valence-electron chi connectivity index (χ2n) is 9.14. The van der Waals surface area contributed by atoms with E-state index in [0.717, 1.165) is 70.6 Å². The van der Waals surface area contributed by atoms with Crippen LogP contribution in [0.3, 0.4) is 0 Å². The molecule has 0 bridgehead atoms. The topological polar surface area (TPSA) is 93.0 Å². The molecule has 0 spiro atoms. The van der Waals surface area contributed by atoms with Crippen LogP contribution in [0.5, 0.6) is 0 Å². The zero-order valence-electron chi connectivity index (χ0n) is 18.6. The number of allylic oxidation sites excluding steroid dienone is 6. The van der Waals surface area contributed by atoms with Crippen molar-refractivity contribution in [1.82, 2.24) is 0 Å². The SMILES string of the molecule is O=NC(=O)C1(CCCCC/C=C\CCCCCCC2(C(=O)N=O)CC=CC2)CC=CC1. The summed E-state index contributed by atoms with van der Waals surface area (Å²) in [6, 6.07) is 0. The van der Waals surface area contributed by atoms with Crippen LogP contribution in [0.4, 0.5) is 0 Å². The Morgan fingerprint density at radius 2 is 0.968 bits per heavy atom. The summed E-state index contributed by atoms with van der Waals surface area (Å²) in [5.41, 5.74) is -1.10. The Bertz CT molecular complexity index is 692. The normalized spacial score (nSPS) is 18.6. The molecule has 0 unspecified atom stereocenters. The van der Waals surface area contributed by atoms with Crippen molar-refractivity contribution in [3.63, 3.8) is 0 Å². The minimum Gasteiger partial charge on any atom is -0.268 e. The maximum Gasteiger partial charge on any atom is 0.293 e. The van der Waals surface area contributed by atoms with Crippen LogP contribution in [0.1, 0.15) is 96.3 Å². The van der Waals surface area contributed by atoms with E-state index in [1.807, 2.05) is 24.3 Å². The molecule has 0 fully saturated rings. The number of unbranched alkanes of at least 4 members (excludes halogenated alkanes) is 7. The summed E-state index contributed by atoms with van der Waals surface area (Å²) in [6.45, 7) is 0. The number of nitrogens with zero attached hydrogens (tertiary/aromatic N) is 2. The van der Waals surface area contributed by atoms with Gasteiger partial charge in [0.05, 0.1) is 10.8 Å². The number of nitroso groups, excluding NO2 is 2. The maximum atomic E-state index is 11.8. The minimum absolute atomic E-state index is 0.484. The molecule has 170 valence electrons. The quantitative estimate of drug-likeness (QED) is 0.158. The van der Waals surface area contributed by atoms with E-state index in [1.165, 1.54) is 0 Å². The van der Waals surface area contributed by atoms with Crippen molar-refractivity contribution in [3.05, 3.63) is 46.3 Å². The molecule has 0 aliphatic heterocycles. The first-order valence-corrected chi connectivity index (χ1v) is 11.8. The lowest BCUT2D eigenvalue weighted by Gasteiger charge is -2.23. The number of amides is 2. The molecule has 0 aromatic rings. The van der Waals surface area contributed by atoms with Gasteiger partial charge in [-0.3, -0.25) is 9.59 Å². The molecule has 0 aromatic heterocycles. The van der Waals surface area contributed by atoms with Crippen LogP contribution in [0.25, 0.3) is 0 Å². The molecule has 2 aliphatic rings. The van der Waals surface area contributed by atoms with Gasteiger partial charge in [-0.25, -0.2) is 0 Å². The first kappa shape index (κ1) is 25.0. The molecule has 0 radical (unpaired) electrons. The standard InChI is InChI=1S/C25H36N2O4/c28-22(26-30)24(18-12-13-19-24)16-10-8-6-4-2-1-3-5-7-9-11-17-25(23(29)27-31)20-14-15-21-25/h1-2,12-15H,3-11,16-21H2/b2-1-. The largest absolute Gasteiger partial charge is 0.293 e. The highest BCUT2D eigenvalue weighted by atomic mass is 16.3. The molecule has 0 saturated heterocycles. The van der Waals surface area contributed by atoms with Crippen LogP contribution in [-0.2, 0) is 9.59 Å². The highest BCUT2D eigenvalue weighted by Gasteiger charge is 2.39. The average molecular weight is 429 g/mol. The number of carbonyl (C=O) groups is 2. The zero-order valence-corrected chi connectivity index (χ0v) is 18.6. The molecule has 0 N–H and O–H groups in total. The van der Waals surface area contributed by atoms with Crippen molar-refractivity contribution >= 4 is 11.8 Å². The second kappa shape index (κ2) is 13.2. The van der Waals surface area contributed by atoms with Gasteiger partial charge >= 0.3 is 0 Å². The first-order valence-electron chi connectivity index (χ1n) is 11.8. The van der Waals surface area contributed by atoms with E-state index in [9.17, 15) is 19.4 Å². The molecule has 31 heavy (non-hydrogen) atoms. The zero-order chi connectivity index (χ0) is 22.4. The van der Waals surface area contributed by atoms with Crippen LogP contribution >= 0.6 is 0 Å². The van der Waals surface area contributed by atoms with Crippen LogP contribution in [0.2, 0.25) is 0 Å². The molecule has 2 aliphatic carbocycles. The van der Waals surface area contributed by atoms with Gasteiger partial charge in [-0.1, -0.05) is 68.6 Å². The second-order valence-corrected chi connectivity index (χ2v) is 9.14. The fraction of sp³-hybridized carbons (Fsp3) is 0.680. The summed E-state index contributed by atoms with van der Waals surface area (Å²) in [4.78, 5) is 45.0. The van der Waals surface area contributed by atoms with E-state index < -0.39 is 22.6 Å². The molecule has 0 heterocycles. The van der Waals surface area contributed by atoms with Crippen LogP contribution in [0, 0.1) is 20.6 Å². The fourth-order valence-corrected chi connectivity index (χ4v) is 4.78. The van der Waals surface area contributed by atoms with Crippen LogP contribution in [0.15, 0.2) is 46.8 Å². The Hall–Kier alpha value is -2.24. The van der Waals surface area contributed by atoms with E-state index >= 15 is 0 Å². The third-order valence-corrected chi connectivity index (χ3v) is 6.91. The van der Waals surface area contributed by atoms with E-state index in [-0.39, 0.29) is 0 Å². The van der Waals surface area contributed by atoms with Gasteiger partial charge < -0.3 is 0 Å². The van der Waals surface area contributed by atoms with Crippen molar-refractivity contribution in [1.29, 1.82) is 0 Å². The monoisotopic (exact) mass is 428 g/mol. The lowest BCUT2D eigenvalue weighted by Crippen LogP contribution is -2.26. The highest BCUT2D eigenvalue weighted by molar-refractivity contribution is 5.84. The van der Waals surface area contributed by atoms with Gasteiger partial charge in [0.2, 0.25) is 0 Å². The van der Waals surface area contributed by atoms with E-state index in [4.69, 9.17) is 0 Å². The summed E-state index contributed by atoms with van der Waals surface area (Å²) in [5, 5.41) is 5.36. The highest BCUT2D eigenvalue weighted by Crippen LogP contribution is 2.40.